The zero-order chi connectivity index (χ0) is 12.9. The Morgan fingerprint density at radius 2 is 1.83 bits per heavy atom. The molecule has 0 aromatic rings. The summed E-state index contributed by atoms with van der Waals surface area (Å²) in [7, 11) is 0. The van der Waals surface area contributed by atoms with Gasteiger partial charge >= 0.3 is 0 Å². The van der Waals surface area contributed by atoms with Crippen LogP contribution in [0.4, 0.5) is 0 Å². The summed E-state index contributed by atoms with van der Waals surface area (Å²) in [6.07, 6.45) is 5.58. The molecule has 0 atom stereocenters. The van der Waals surface area contributed by atoms with E-state index in [0.29, 0.717) is 25.9 Å². The predicted octanol–water partition coefficient (Wildman–Crippen LogP) is 1.94. The summed E-state index contributed by atoms with van der Waals surface area (Å²) in [4.78, 5) is 22.4. The van der Waals surface area contributed by atoms with Gasteiger partial charge in [0.1, 0.15) is 12.7 Å². The van der Waals surface area contributed by atoms with Crippen LogP contribution in [0.5, 0.6) is 0 Å². The minimum absolute atomic E-state index is 0. The number of hydrogen-bond donors (Lipinski definition) is 0. The first kappa shape index (κ1) is 18.8. The molecule has 0 aliphatic carbocycles. The number of hydrogen-bond acceptors (Lipinski definition) is 4. The van der Waals surface area contributed by atoms with Crippen molar-refractivity contribution in [2.24, 2.45) is 0 Å². The third-order valence-corrected chi connectivity index (χ3v) is 1.91. The topological polar surface area (TPSA) is 46.6 Å². The molecular weight excluding hydrogens is 254 g/mol. The summed E-state index contributed by atoms with van der Waals surface area (Å²) in [5, 5.41) is 0. The molecule has 0 unspecified atom stereocenters. The second-order valence-electron chi connectivity index (χ2n) is 3.27. The molecule has 0 spiro atoms. The Morgan fingerprint density at radius 3 is 2.28 bits per heavy atom. The Morgan fingerprint density at radius 1 is 1.22 bits per heavy atom. The lowest BCUT2D eigenvalue weighted by Crippen LogP contribution is -2.26. The van der Waals surface area contributed by atoms with Gasteiger partial charge in [0, 0.05) is 25.6 Å². The van der Waals surface area contributed by atoms with Crippen LogP contribution >= 0.6 is 12.4 Å². The van der Waals surface area contributed by atoms with Crippen molar-refractivity contribution in [1.82, 2.24) is 4.90 Å². The van der Waals surface area contributed by atoms with Crippen LogP contribution < -0.4 is 0 Å². The van der Waals surface area contributed by atoms with E-state index >= 15 is 0 Å². The minimum Gasteiger partial charge on any atom is -0.471 e. The smallest absolute Gasteiger partial charge is 0.181 e. The van der Waals surface area contributed by atoms with E-state index in [1.54, 1.807) is 24.0 Å². The van der Waals surface area contributed by atoms with Gasteiger partial charge in [-0.15, -0.1) is 25.6 Å². The van der Waals surface area contributed by atoms with Crippen LogP contribution in [0.3, 0.4) is 0 Å². The third-order valence-electron chi connectivity index (χ3n) is 1.91. The lowest BCUT2D eigenvalue weighted by molar-refractivity contribution is 0.0873. The molecule has 0 rings (SSSR count). The molecule has 0 aliphatic heterocycles. The van der Waals surface area contributed by atoms with E-state index in [9.17, 15) is 9.59 Å². The average molecular weight is 272 g/mol. The van der Waals surface area contributed by atoms with Crippen molar-refractivity contribution >= 4 is 24.3 Å². The SMILES string of the molecule is C=CCN(CC=C)COC(=C=O)CCC=C=O.Cl. The molecule has 0 N–H and O–H groups in total. The van der Waals surface area contributed by atoms with Crippen LogP contribution in [0.2, 0.25) is 0 Å². The van der Waals surface area contributed by atoms with Gasteiger partial charge in [0.2, 0.25) is 0 Å². The number of ether oxygens (including phenoxy) is 1. The lowest BCUT2D eigenvalue weighted by Gasteiger charge is -2.19. The fourth-order valence-corrected chi connectivity index (χ4v) is 1.13. The van der Waals surface area contributed by atoms with Crippen molar-refractivity contribution in [2.75, 3.05) is 19.8 Å². The average Bonchev–Trinajstić information content (AvgIpc) is 2.34. The zero-order valence-electron chi connectivity index (χ0n) is 10.3. The third kappa shape index (κ3) is 9.64. The van der Waals surface area contributed by atoms with Crippen molar-refractivity contribution in [2.45, 2.75) is 12.8 Å². The normalized spacial score (nSPS) is 8.50. The monoisotopic (exact) mass is 271 g/mol. The molecule has 0 bridgehead atoms. The lowest BCUT2D eigenvalue weighted by atomic mass is 10.3. The van der Waals surface area contributed by atoms with Crippen molar-refractivity contribution in [3.05, 3.63) is 37.1 Å². The second-order valence-corrected chi connectivity index (χ2v) is 3.27. The summed E-state index contributed by atoms with van der Waals surface area (Å²) in [6, 6.07) is 0. The molecule has 5 heteroatoms. The van der Waals surface area contributed by atoms with E-state index in [2.05, 4.69) is 13.2 Å². The number of rotatable bonds is 10. The quantitative estimate of drug-likeness (QED) is 0.264. The minimum atomic E-state index is 0. The van der Waals surface area contributed by atoms with Crippen LogP contribution in [0.1, 0.15) is 12.8 Å². The van der Waals surface area contributed by atoms with Gasteiger partial charge in [0.15, 0.2) is 11.7 Å². The zero-order valence-corrected chi connectivity index (χ0v) is 11.1. The maximum Gasteiger partial charge on any atom is 0.181 e. The largest absolute Gasteiger partial charge is 0.471 e. The van der Waals surface area contributed by atoms with Crippen molar-refractivity contribution in [1.29, 1.82) is 0 Å². The fourth-order valence-electron chi connectivity index (χ4n) is 1.13. The molecule has 18 heavy (non-hydrogen) atoms. The Balaban J connectivity index is 0. The van der Waals surface area contributed by atoms with Crippen molar-refractivity contribution in [3.63, 3.8) is 0 Å². The molecule has 0 aliphatic rings. The molecule has 4 nitrogen and oxygen atoms in total. The number of allylic oxidation sites excluding steroid dienone is 2. The summed E-state index contributed by atoms with van der Waals surface area (Å²) < 4.78 is 5.28. The maximum absolute atomic E-state index is 10.6. The van der Waals surface area contributed by atoms with Crippen LogP contribution in [-0.4, -0.2) is 36.6 Å². The van der Waals surface area contributed by atoms with E-state index in [4.69, 9.17) is 4.74 Å². The van der Waals surface area contributed by atoms with Gasteiger partial charge in [-0.25, -0.2) is 9.59 Å². The van der Waals surface area contributed by atoms with Gasteiger partial charge in [0.25, 0.3) is 0 Å². The highest BCUT2D eigenvalue weighted by atomic mass is 35.5. The summed E-state index contributed by atoms with van der Waals surface area (Å²) in [5.41, 5.74) is 0. The molecule has 0 amide bonds. The first-order valence-corrected chi connectivity index (χ1v) is 5.28. The molecule has 0 aromatic heterocycles. The second kappa shape index (κ2) is 13.5. The van der Waals surface area contributed by atoms with Gasteiger partial charge in [0.05, 0.1) is 0 Å². The van der Waals surface area contributed by atoms with Gasteiger partial charge in [-0.2, -0.15) is 0 Å². The Kier molecular flexibility index (Phi) is 14.1. The Hall–Kier alpha value is -1.57. The summed E-state index contributed by atoms with van der Waals surface area (Å²) in [5.74, 6) is 3.56. The first-order valence-electron chi connectivity index (χ1n) is 5.28. The Bertz CT molecular complexity index is 332. The fraction of sp³-hybridized carbons (Fsp3) is 0.385. The highest BCUT2D eigenvalue weighted by molar-refractivity contribution is 5.85. The van der Waals surface area contributed by atoms with E-state index in [1.165, 1.54) is 6.08 Å². The number of carbonyl (C=O) groups excluding carboxylic acids is 2. The Labute approximate surface area is 114 Å². The summed E-state index contributed by atoms with van der Waals surface area (Å²) in [6.45, 7) is 8.82. The maximum atomic E-state index is 10.6. The molecule has 100 valence electrons. The van der Waals surface area contributed by atoms with Gasteiger partial charge in [-0.3, -0.25) is 4.90 Å². The number of halogens is 1. The first-order chi connectivity index (χ1) is 8.28. The number of nitrogens with zero attached hydrogens (tertiary/aromatic N) is 1. The van der Waals surface area contributed by atoms with Gasteiger partial charge < -0.3 is 4.74 Å². The molecule has 0 radical (unpaired) electrons. The summed E-state index contributed by atoms with van der Waals surface area (Å²) >= 11 is 0. The van der Waals surface area contributed by atoms with Crippen LogP contribution in [0.15, 0.2) is 37.1 Å². The molecular formula is C13H18ClNO3. The van der Waals surface area contributed by atoms with Crippen molar-refractivity contribution in [3.8, 4) is 0 Å². The van der Waals surface area contributed by atoms with E-state index < -0.39 is 0 Å². The highest BCUT2D eigenvalue weighted by Gasteiger charge is 2.04. The predicted molar refractivity (Wildman–Crippen MR) is 73.9 cm³/mol. The molecule has 0 fully saturated rings. The van der Waals surface area contributed by atoms with Crippen LogP contribution in [0.25, 0.3) is 0 Å². The molecule has 0 heterocycles. The van der Waals surface area contributed by atoms with E-state index in [0.717, 1.165) is 0 Å². The van der Waals surface area contributed by atoms with Crippen LogP contribution in [-0.2, 0) is 14.3 Å². The standard InChI is InChI=1S/C13H17NO3.ClH/c1-3-8-14(9-4-2)12-17-13(11-16)7-5-6-10-15;/h3-4,6H,1-2,5,7-9,12H2;1H. The van der Waals surface area contributed by atoms with Gasteiger partial charge in [-0.1, -0.05) is 12.2 Å². The van der Waals surface area contributed by atoms with Crippen LogP contribution in [0, 0.1) is 0 Å². The van der Waals surface area contributed by atoms with E-state index in [1.807, 2.05) is 4.90 Å². The van der Waals surface area contributed by atoms with Crippen molar-refractivity contribution < 1.29 is 14.3 Å². The highest BCUT2D eigenvalue weighted by Crippen LogP contribution is 2.04. The van der Waals surface area contributed by atoms with Gasteiger partial charge in [-0.05, 0) is 6.42 Å². The molecule has 0 aromatic carbocycles. The molecule has 0 saturated heterocycles. The van der Waals surface area contributed by atoms with E-state index in [-0.39, 0.29) is 24.9 Å². The molecule has 0 saturated carbocycles.